The second kappa shape index (κ2) is 7.61. The third-order valence-corrected chi connectivity index (χ3v) is 5.55. The van der Waals surface area contributed by atoms with E-state index in [1.807, 2.05) is 38.1 Å². The second-order valence-electron chi connectivity index (χ2n) is 7.53. The Morgan fingerprint density at radius 2 is 2.04 bits per heavy atom. The predicted octanol–water partition coefficient (Wildman–Crippen LogP) is 2.56. The standard InChI is InChI=1S/C20H27N7O/c1-13-17-18(26(3)14(2)19(28)24-17)25-20(23-13)22-12-15-7-8-21-16(11-15)27-9-5-4-6-10-27/h7-8,11,14H,4-6,9-10,12H2,1-3H3,(H,24,28)(H,22,23,25)/t14-/m0/s1. The molecule has 1 fully saturated rings. The maximum atomic E-state index is 12.0. The molecule has 28 heavy (non-hydrogen) atoms. The minimum atomic E-state index is -0.262. The lowest BCUT2D eigenvalue weighted by atomic mass is 10.1. The Balaban J connectivity index is 1.50. The minimum Gasteiger partial charge on any atom is -0.357 e. The molecule has 4 heterocycles. The number of carbonyl (C=O) groups is 1. The zero-order valence-electron chi connectivity index (χ0n) is 16.7. The molecule has 0 unspecified atom stereocenters. The van der Waals surface area contributed by atoms with Crippen LogP contribution in [0.3, 0.4) is 0 Å². The van der Waals surface area contributed by atoms with Crippen LogP contribution in [0.5, 0.6) is 0 Å². The molecular weight excluding hydrogens is 354 g/mol. The Morgan fingerprint density at radius 3 is 2.82 bits per heavy atom. The maximum absolute atomic E-state index is 12.0. The van der Waals surface area contributed by atoms with Crippen molar-refractivity contribution < 1.29 is 4.79 Å². The van der Waals surface area contributed by atoms with E-state index < -0.39 is 0 Å². The molecule has 8 nitrogen and oxygen atoms in total. The first-order valence-corrected chi connectivity index (χ1v) is 9.89. The van der Waals surface area contributed by atoms with Crippen LogP contribution < -0.4 is 20.4 Å². The van der Waals surface area contributed by atoms with E-state index in [0.29, 0.717) is 18.2 Å². The van der Waals surface area contributed by atoms with Gasteiger partial charge >= 0.3 is 0 Å². The Kier molecular flexibility index (Phi) is 5.02. The molecule has 1 atom stereocenters. The summed E-state index contributed by atoms with van der Waals surface area (Å²) in [7, 11) is 1.88. The van der Waals surface area contributed by atoms with Crippen LogP contribution >= 0.6 is 0 Å². The molecule has 4 rings (SSSR count). The summed E-state index contributed by atoms with van der Waals surface area (Å²) in [5.41, 5.74) is 2.58. The number of fused-ring (bicyclic) bond motifs is 1. The molecule has 0 aliphatic carbocycles. The highest BCUT2D eigenvalue weighted by Crippen LogP contribution is 2.32. The summed E-state index contributed by atoms with van der Waals surface area (Å²) in [5, 5.41) is 6.23. The van der Waals surface area contributed by atoms with Crippen molar-refractivity contribution >= 4 is 29.2 Å². The molecule has 2 aromatic rings. The normalized spacial score (nSPS) is 19.2. The number of pyridine rings is 1. The summed E-state index contributed by atoms with van der Waals surface area (Å²) in [4.78, 5) is 30.0. The maximum Gasteiger partial charge on any atom is 0.246 e. The molecule has 8 heteroatoms. The van der Waals surface area contributed by atoms with Gasteiger partial charge in [-0.25, -0.2) is 9.97 Å². The lowest BCUT2D eigenvalue weighted by Gasteiger charge is -2.32. The lowest BCUT2D eigenvalue weighted by Crippen LogP contribution is -2.44. The SMILES string of the molecule is Cc1nc(NCc2ccnc(N3CCCCC3)c2)nc2c1NC(=O)[C@H](C)N2C. The van der Waals surface area contributed by atoms with Gasteiger partial charge < -0.3 is 20.4 Å². The first-order valence-electron chi connectivity index (χ1n) is 9.89. The number of nitrogens with zero attached hydrogens (tertiary/aromatic N) is 5. The number of piperidine rings is 1. The smallest absolute Gasteiger partial charge is 0.246 e. The van der Waals surface area contributed by atoms with Gasteiger partial charge in [-0.15, -0.1) is 0 Å². The number of hydrogen-bond donors (Lipinski definition) is 2. The fourth-order valence-electron chi connectivity index (χ4n) is 3.67. The van der Waals surface area contributed by atoms with Crippen LogP contribution in [0.4, 0.5) is 23.3 Å². The molecule has 2 aliphatic heterocycles. The van der Waals surface area contributed by atoms with Crippen LogP contribution in [0, 0.1) is 6.92 Å². The predicted molar refractivity (Wildman–Crippen MR) is 111 cm³/mol. The number of hydrogen-bond acceptors (Lipinski definition) is 7. The number of nitrogens with one attached hydrogen (secondary N) is 2. The average molecular weight is 381 g/mol. The van der Waals surface area contributed by atoms with E-state index in [9.17, 15) is 4.79 Å². The van der Waals surface area contributed by atoms with Gasteiger partial charge in [0.1, 0.15) is 17.5 Å². The Morgan fingerprint density at radius 1 is 1.25 bits per heavy atom. The molecule has 2 aromatic heterocycles. The first-order chi connectivity index (χ1) is 13.5. The molecule has 148 valence electrons. The Bertz CT molecular complexity index is 879. The number of anilines is 4. The van der Waals surface area contributed by atoms with Crippen molar-refractivity contribution in [1.82, 2.24) is 15.0 Å². The highest BCUT2D eigenvalue weighted by atomic mass is 16.2. The summed E-state index contributed by atoms with van der Waals surface area (Å²) in [6, 6.07) is 3.89. The van der Waals surface area contributed by atoms with Crippen LogP contribution in [-0.2, 0) is 11.3 Å². The van der Waals surface area contributed by atoms with Crippen LogP contribution in [0.1, 0.15) is 37.4 Å². The molecular formula is C20H27N7O. The van der Waals surface area contributed by atoms with Crippen molar-refractivity contribution in [2.75, 3.05) is 40.6 Å². The molecule has 2 N–H and O–H groups in total. The number of aryl methyl sites for hydroxylation is 1. The van der Waals surface area contributed by atoms with E-state index in [4.69, 9.17) is 0 Å². The number of amides is 1. The van der Waals surface area contributed by atoms with E-state index >= 15 is 0 Å². The summed E-state index contributed by atoms with van der Waals surface area (Å²) in [6.45, 7) is 6.52. The van der Waals surface area contributed by atoms with Crippen molar-refractivity contribution in [3.63, 3.8) is 0 Å². The van der Waals surface area contributed by atoms with Gasteiger partial charge in [0, 0.05) is 32.9 Å². The zero-order chi connectivity index (χ0) is 19.7. The van der Waals surface area contributed by atoms with Crippen molar-refractivity contribution in [2.45, 2.75) is 45.7 Å². The topological polar surface area (TPSA) is 86.3 Å². The quantitative estimate of drug-likeness (QED) is 0.842. The van der Waals surface area contributed by atoms with Crippen LogP contribution in [0.25, 0.3) is 0 Å². The highest BCUT2D eigenvalue weighted by Gasteiger charge is 2.30. The number of aromatic nitrogens is 3. The fraction of sp³-hybridized carbons (Fsp3) is 0.500. The summed E-state index contributed by atoms with van der Waals surface area (Å²) < 4.78 is 0. The number of rotatable bonds is 4. The van der Waals surface area contributed by atoms with Crippen LogP contribution in [0.2, 0.25) is 0 Å². The van der Waals surface area contributed by atoms with E-state index in [1.54, 1.807) is 0 Å². The number of likely N-dealkylation sites (N-methyl/N-ethyl adjacent to an activating group) is 1. The Labute approximate surface area is 165 Å². The summed E-state index contributed by atoms with van der Waals surface area (Å²) >= 11 is 0. The number of carbonyl (C=O) groups excluding carboxylic acids is 1. The molecule has 0 aromatic carbocycles. The third kappa shape index (κ3) is 3.58. The first kappa shape index (κ1) is 18.5. The van der Waals surface area contributed by atoms with Gasteiger partial charge in [0.2, 0.25) is 11.9 Å². The van der Waals surface area contributed by atoms with Crippen molar-refractivity contribution in [1.29, 1.82) is 0 Å². The van der Waals surface area contributed by atoms with Crippen molar-refractivity contribution in [3.05, 3.63) is 29.6 Å². The van der Waals surface area contributed by atoms with Crippen molar-refractivity contribution in [3.8, 4) is 0 Å². The third-order valence-electron chi connectivity index (χ3n) is 5.55. The second-order valence-corrected chi connectivity index (χ2v) is 7.53. The van der Waals surface area contributed by atoms with Gasteiger partial charge in [-0.1, -0.05) is 0 Å². The van der Waals surface area contributed by atoms with E-state index in [-0.39, 0.29) is 11.9 Å². The largest absolute Gasteiger partial charge is 0.357 e. The van der Waals surface area contributed by atoms with Gasteiger partial charge in [0.15, 0.2) is 5.82 Å². The molecule has 0 bridgehead atoms. The molecule has 1 amide bonds. The van der Waals surface area contributed by atoms with E-state index in [2.05, 4.69) is 36.6 Å². The molecule has 1 saturated heterocycles. The van der Waals surface area contributed by atoms with E-state index in [0.717, 1.165) is 36.0 Å². The average Bonchev–Trinajstić information content (AvgIpc) is 2.72. The summed E-state index contributed by atoms with van der Waals surface area (Å²) in [5.74, 6) is 2.30. The highest BCUT2D eigenvalue weighted by molar-refractivity contribution is 6.03. The lowest BCUT2D eigenvalue weighted by molar-refractivity contribution is -0.117. The molecule has 0 saturated carbocycles. The summed E-state index contributed by atoms with van der Waals surface area (Å²) in [6.07, 6.45) is 5.63. The van der Waals surface area contributed by atoms with Gasteiger partial charge in [0.05, 0.1) is 5.69 Å². The fourth-order valence-corrected chi connectivity index (χ4v) is 3.67. The Hall–Kier alpha value is -2.90. The van der Waals surface area contributed by atoms with Gasteiger partial charge in [0.25, 0.3) is 0 Å². The monoisotopic (exact) mass is 381 g/mol. The van der Waals surface area contributed by atoms with Crippen LogP contribution in [0.15, 0.2) is 18.3 Å². The van der Waals surface area contributed by atoms with Crippen LogP contribution in [-0.4, -0.2) is 47.0 Å². The van der Waals surface area contributed by atoms with Gasteiger partial charge in [-0.2, -0.15) is 4.98 Å². The molecule has 2 aliphatic rings. The minimum absolute atomic E-state index is 0.0376. The van der Waals surface area contributed by atoms with Gasteiger partial charge in [-0.05, 0) is 50.8 Å². The molecule has 0 spiro atoms. The van der Waals surface area contributed by atoms with Crippen molar-refractivity contribution in [2.24, 2.45) is 0 Å². The zero-order valence-corrected chi connectivity index (χ0v) is 16.7. The van der Waals surface area contributed by atoms with Gasteiger partial charge in [-0.3, -0.25) is 4.79 Å². The molecule has 0 radical (unpaired) electrons. The van der Waals surface area contributed by atoms with E-state index in [1.165, 1.54) is 19.3 Å².